The number of pyridine rings is 2. The van der Waals surface area contributed by atoms with Crippen molar-refractivity contribution in [1.82, 2.24) is 14.9 Å². The third kappa shape index (κ3) is 7.04. The summed E-state index contributed by atoms with van der Waals surface area (Å²) in [5, 5.41) is 4.02. The molecule has 0 bridgehead atoms. The maximum atomic E-state index is 12.9. The van der Waals surface area contributed by atoms with E-state index >= 15 is 0 Å². The van der Waals surface area contributed by atoms with E-state index < -0.39 is 5.41 Å². The largest absolute Gasteiger partial charge is 0.493 e. The number of anilines is 2. The number of benzene rings is 1. The highest BCUT2D eigenvalue weighted by Crippen LogP contribution is 2.39. The molecule has 0 aliphatic carbocycles. The molecular formula is C31H37Cl2N5O5. The molecule has 0 unspecified atom stereocenters. The third-order valence-electron chi connectivity index (χ3n) is 7.53. The zero-order valence-electron chi connectivity index (χ0n) is 24.7. The van der Waals surface area contributed by atoms with Crippen molar-refractivity contribution in [3.63, 3.8) is 0 Å². The van der Waals surface area contributed by atoms with Crippen LogP contribution in [-0.2, 0) is 29.1 Å². The van der Waals surface area contributed by atoms with Crippen LogP contribution in [0.3, 0.4) is 0 Å². The fourth-order valence-electron chi connectivity index (χ4n) is 5.11. The first-order valence-corrected chi connectivity index (χ1v) is 13.7. The molecule has 4 heterocycles. The van der Waals surface area contributed by atoms with E-state index in [0.29, 0.717) is 54.2 Å². The molecule has 10 nitrogen and oxygen atoms in total. The number of amides is 2. The maximum absolute atomic E-state index is 12.9. The zero-order chi connectivity index (χ0) is 29.1. The number of furan rings is 1. The summed E-state index contributed by atoms with van der Waals surface area (Å²) in [6, 6.07) is 13.0. The first-order valence-electron chi connectivity index (χ1n) is 13.7. The Bertz CT molecular complexity index is 1650. The van der Waals surface area contributed by atoms with Crippen LogP contribution in [0.1, 0.15) is 31.5 Å². The summed E-state index contributed by atoms with van der Waals surface area (Å²) in [5.74, 6) is 0.157. The molecule has 1 aromatic carbocycles. The summed E-state index contributed by atoms with van der Waals surface area (Å²) in [7, 11) is 3.38. The van der Waals surface area contributed by atoms with Crippen LogP contribution in [0.25, 0.3) is 11.0 Å². The smallest absolute Gasteiger partial charge is 0.261 e. The van der Waals surface area contributed by atoms with Crippen molar-refractivity contribution < 1.29 is 18.7 Å². The topological polar surface area (TPSA) is 110 Å². The van der Waals surface area contributed by atoms with Gasteiger partial charge in [0.1, 0.15) is 16.7 Å². The van der Waals surface area contributed by atoms with Crippen molar-refractivity contribution in [2.75, 3.05) is 37.0 Å². The Hall–Kier alpha value is -3.86. The second kappa shape index (κ2) is 14.1. The van der Waals surface area contributed by atoms with Crippen LogP contribution in [0, 0.1) is 5.41 Å². The van der Waals surface area contributed by atoms with Crippen molar-refractivity contribution in [2.24, 2.45) is 5.41 Å². The van der Waals surface area contributed by atoms with Crippen molar-refractivity contribution in [1.29, 1.82) is 0 Å². The van der Waals surface area contributed by atoms with Gasteiger partial charge < -0.3 is 28.8 Å². The number of hydrogen-bond donors (Lipinski definition) is 1. The monoisotopic (exact) mass is 629 g/mol. The average molecular weight is 631 g/mol. The third-order valence-corrected chi connectivity index (χ3v) is 7.53. The molecule has 0 saturated heterocycles. The van der Waals surface area contributed by atoms with Gasteiger partial charge in [0.05, 0.1) is 29.6 Å². The quantitative estimate of drug-likeness (QED) is 0.202. The van der Waals surface area contributed by atoms with Crippen LogP contribution in [-0.4, -0.2) is 48.6 Å². The Morgan fingerprint density at radius 1 is 0.953 bits per heavy atom. The lowest BCUT2D eigenvalue weighted by atomic mass is 9.90. The number of rotatable bonds is 10. The zero-order valence-corrected chi connectivity index (χ0v) is 26.3. The Morgan fingerprint density at radius 2 is 1.70 bits per heavy atom. The maximum Gasteiger partial charge on any atom is 0.261 e. The Kier molecular flexibility index (Phi) is 11.0. The highest BCUT2D eigenvalue weighted by atomic mass is 35.5. The number of nitrogens with zero attached hydrogens (tertiary/aromatic N) is 4. The number of fused-ring (bicyclic) bond motifs is 2. The molecule has 5 rings (SSSR count). The summed E-state index contributed by atoms with van der Waals surface area (Å²) in [6.07, 6.45) is 6.51. The average Bonchev–Trinajstić information content (AvgIpc) is 3.45. The molecule has 0 radical (unpaired) electrons. The standard InChI is InChI=1S/C31H35N5O5.2ClH/c1-31(2)29(38)34(3)25-7-6-23(19-26(25)35(4)30(31)39)40-16-5-12-32-20-21-8-13-33-22(18-21)9-14-36-15-10-27-24(28(36)37)11-17-41-27;;/h6-8,10-11,13,15,17-19,32H,5,9,12,14,16,20H2,1-4H3;2*1H. The number of ether oxygens (including phenoxy) is 1. The highest BCUT2D eigenvalue weighted by Gasteiger charge is 2.44. The molecule has 4 aromatic rings. The number of carbonyl (C=O) groups excluding carboxylic acids is 2. The minimum absolute atomic E-state index is 0. The van der Waals surface area contributed by atoms with Crippen LogP contribution in [0.2, 0.25) is 0 Å². The van der Waals surface area contributed by atoms with E-state index in [4.69, 9.17) is 9.15 Å². The molecule has 43 heavy (non-hydrogen) atoms. The van der Waals surface area contributed by atoms with Crippen LogP contribution in [0.15, 0.2) is 70.3 Å². The van der Waals surface area contributed by atoms with Gasteiger partial charge in [-0.25, -0.2) is 0 Å². The van der Waals surface area contributed by atoms with Crippen LogP contribution in [0.5, 0.6) is 5.75 Å². The van der Waals surface area contributed by atoms with E-state index in [-0.39, 0.29) is 42.2 Å². The van der Waals surface area contributed by atoms with Gasteiger partial charge in [0.2, 0.25) is 11.8 Å². The predicted octanol–water partition coefficient (Wildman–Crippen LogP) is 4.60. The van der Waals surface area contributed by atoms with Crippen molar-refractivity contribution >= 4 is 59.0 Å². The van der Waals surface area contributed by atoms with Gasteiger partial charge >= 0.3 is 0 Å². The molecule has 2 amide bonds. The van der Waals surface area contributed by atoms with Gasteiger partial charge in [0.25, 0.3) is 5.56 Å². The van der Waals surface area contributed by atoms with E-state index in [0.717, 1.165) is 24.2 Å². The first-order chi connectivity index (χ1) is 19.7. The summed E-state index contributed by atoms with van der Waals surface area (Å²) in [6.45, 7) is 5.79. The lowest BCUT2D eigenvalue weighted by Gasteiger charge is -2.25. The van der Waals surface area contributed by atoms with Crippen LogP contribution >= 0.6 is 24.8 Å². The van der Waals surface area contributed by atoms with E-state index in [1.165, 1.54) is 16.1 Å². The normalized spacial score (nSPS) is 14.1. The minimum Gasteiger partial charge on any atom is -0.493 e. The number of halogens is 2. The van der Waals surface area contributed by atoms with Gasteiger partial charge in [-0.3, -0.25) is 19.4 Å². The van der Waals surface area contributed by atoms with Crippen molar-refractivity contribution in [3.8, 4) is 5.75 Å². The number of nitrogens with one attached hydrogen (secondary N) is 1. The first kappa shape index (κ1) is 33.6. The molecule has 0 atom stereocenters. The second-order valence-corrected chi connectivity index (χ2v) is 10.8. The van der Waals surface area contributed by atoms with Crippen LogP contribution < -0.4 is 25.4 Å². The summed E-state index contributed by atoms with van der Waals surface area (Å²) in [4.78, 5) is 45.9. The summed E-state index contributed by atoms with van der Waals surface area (Å²) >= 11 is 0. The predicted molar refractivity (Wildman–Crippen MR) is 172 cm³/mol. The van der Waals surface area contributed by atoms with Gasteiger partial charge in [-0.05, 0) is 68.8 Å². The van der Waals surface area contributed by atoms with E-state index in [2.05, 4.69) is 16.4 Å². The van der Waals surface area contributed by atoms with E-state index in [9.17, 15) is 14.4 Å². The number of carbonyl (C=O) groups is 2. The van der Waals surface area contributed by atoms with E-state index in [1.54, 1.807) is 51.0 Å². The lowest BCUT2D eigenvalue weighted by Crippen LogP contribution is -2.46. The Morgan fingerprint density at radius 3 is 2.47 bits per heavy atom. The molecule has 1 aliphatic rings. The Labute approximate surface area is 262 Å². The molecule has 0 spiro atoms. The summed E-state index contributed by atoms with van der Waals surface area (Å²) < 4.78 is 12.9. The van der Waals surface area contributed by atoms with E-state index in [1.807, 2.05) is 30.3 Å². The number of hydrogen-bond acceptors (Lipinski definition) is 7. The molecule has 230 valence electrons. The highest BCUT2D eigenvalue weighted by molar-refractivity contribution is 6.19. The van der Waals surface area contributed by atoms with Gasteiger partial charge in [-0.2, -0.15) is 0 Å². The minimum atomic E-state index is -1.14. The fourth-order valence-corrected chi connectivity index (χ4v) is 5.11. The molecule has 1 N–H and O–H groups in total. The van der Waals surface area contributed by atoms with Crippen LogP contribution in [0.4, 0.5) is 11.4 Å². The van der Waals surface area contributed by atoms with Gasteiger partial charge in [0.15, 0.2) is 0 Å². The molecule has 1 aliphatic heterocycles. The Balaban J connectivity index is 0.00000253. The number of aromatic nitrogens is 2. The lowest BCUT2D eigenvalue weighted by molar-refractivity contribution is -0.137. The SMILES string of the molecule is CN1C(=O)C(C)(C)C(=O)N(C)c2cc(OCCCNCc3ccnc(CCn4ccc5occc5c4=O)c3)ccc21.Cl.Cl. The molecule has 0 saturated carbocycles. The van der Waals surface area contributed by atoms with Gasteiger partial charge in [-0.15, -0.1) is 24.8 Å². The van der Waals surface area contributed by atoms with Crippen molar-refractivity contribution in [3.05, 3.63) is 82.7 Å². The molecule has 12 heteroatoms. The molecule has 3 aromatic heterocycles. The second-order valence-electron chi connectivity index (χ2n) is 10.8. The fraction of sp³-hybridized carbons (Fsp3) is 0.355. The molecular weight excluding hydrogens is 593 g/mol. The van der Waals surface area contributed by atoms with Gasteiger partial charge in [-0.1, -0.05) is 0 Å². The van der Waals surface area contributed by atoms with Gasteiger partial charge in [0, 0.05) is 57.8 Å². The summed E-state index contributed by atoms with van der Waals surface area (Å²) in [5.41, 5.74) is 2.76. The number of aryl methyl sites for hydroxylation is 2. The molecule has 0 fully saturated rings. The van der Waals surface area contributed by atoms with Crippen molar-refractivity contribution in [2.45, 2.75) is 39.8 Å².